The molecular formula is C10H8FO3-. The molecule has 0 fully saturated rings. The van der Waals surface area contributed by atoms with Gasteiger partial charge in [0.2, 0.25) is 0 Å². The van der Waals surface area contributed by atoms with Gasteiger partial charge in [0.05, 0.1) is 5.97 Å². The molecule has 1 aromatic carbocycles. The fourth-order valence-electron chi connectivity index (χ4n) is 1.52. The molecule has 74 valence electrons. The van der Waals surface area contributed by atoms with Crippen molar-refractivity contribution in [1.82, 2.24) is 0 Å². The molecule has 1 heterocycles. The van der Waals surface area contributed by atoms with Gasteiger partial charge in [-0.05, 0) is 36.6 Å². The van der Waals surface area contributed by atoms with Crippen LogP contribution in [0.25, 0.3) is 0 Å². The Bertz CT molecular complexity index is 376. The van der Waals surface area contributed by atoms with Crippen LogP contribution in [-0.4, -0.2) is 12.1 Å². The molecule has 0 N–H and O–H groups in total. The summed E-state index contributed by atoms with van der Waals surface area (Å²) in [6, 6.07) is 4.05. The van der Waals surface area contributed by atoms with Crippen molar-refractivity contribution in [2.24, 2.45) is 0 Å². The number of halogens is 1. The van der Waals surface area contributed by atoms with Crippen molar-refractivity contribution in [1.29, 1.82) is 0 Å². The first-order valence-electron chi connectivity index (χ1n) is 4.33. The molecule has 1 unspecified atom stereocenters. The molecule has 14 heavy (non-hydrogen) atoms. The normalized spacial score (nSPS) is 19.6. The van der Waals surface area contributed by atoms with E-state index < -0.39 is 12.1 Å². The molecule has 0 aromatic heterocycles. The van der Waals surface area contributed by atoms with Crippen LogP contribution in [0.15, 0.2) is 18.2 Å². The summed E-state index contributed by atoms with van der Waals surface area (Å²) in [5.74, 6) is -1.12. The molecule has 0 radical (unpaired) electrons. The molecule has 1 aliphatic heterocycles. The molecule has 2 rings (SSSR count). The second kappa shape index (κ2) is 3.29. The van der Waals surface area contributed by atoms with Crippen LogP contribution in [0, 0.1) is 5.82 Å². The first-order chi connectivity index (χ1) is 6.66. The Kier molecular flexibility index (Phi) is 2.11. The van der Waals surface area contributed by atoms with Gasteiger partial charge < -0.3 is 14.6 Å². The molecular weight excluding hydrogens is 187 g/mol. The van der Waals surface area contributed by atoms with Gasteiger partial charge in [-0.25, -0.2) is 4.39 Å². The van der Waals surface area contributed by atoms with E-state index >= 15 is 0 Å². The third-order valence-corrected chi connectivity index (χ3v) is 2.23. The standard InChI is InChI=1S/C10H9FO3/c11-7-2-4-8-6(5-7)1-3-9(14-8)10(12)13/h2,4-5,9H,1,3H2,(H,12,13)/p-1. The number of benzene rings is 1. The molecule has 1 atom stereocenters. The van der Waals surface area contributed by atoms with Gasteiger partial charge in [-0.1, -0.05) is 0 Å². The lowest BCUT2D eigenvalue weighted by molar-refractivity contribution is -0.314. The maximum Gasteiger partial charge on any atom is 0.138 e. The highest BCUT2D eigenvalue weighted by Crippen LogP contribution is 2.27. The fourth-order valence-corrected chi connectivity index (χ4v) is 1.52. The second-order valence-corrected chi connectivity index (χ2v) is 3.22. The summed E-state index contributed by atoms with van der Waals surface area (Å²) in [7, 11) is 0. The Morgan fingerprint density at radius 1 is 1.57 bits per heavy atom. The lowest BCUT2D eigenvalue weighted by Crippen LogP contribution is -2.41. The van der Waals surface area contributed by atoms with Crippen molar-refractivity contribution in [3.8, 4) is 5.75 Å². The van der Waals surface area contributed by atoms with Gasteiger partial charge in [-0.3, -0.25) is 0 Å². The summed E-state index contributed by atoms with van der Waals surface area (Å²) in [5, 5.41) is 10.5. The van der Waals surface area contributed by atoms with Crippen LogP contribution in [0.2, 0.25) is 0 Å². The van der Waals surface area contributed by atoms with Crippen LogP contribution >= 0.6 is 0 Å². The van der Waals surface area contributed by atoms with Gasteiger partial charge >= 0.3 is 0 Å². The monoisotopic (exact) mass is 195 g/mol. The highest BCUT2D eigenvalue weighted by atomic mass is 19.1. The van der Waals surface area contributed by atoms with Crippen LogP contribution in [0.1, 0.15) is 12.0 Å². The first kappa shape index (κ1) is 8.99. The average molecular weight is 195 g/mol. The zero-order valence-electron chi connectivity index (χ0n) is 7.33. The maximum atomic E-state index is 12.8. The topological polar surface area (TPSA) is 49.4 Å². The Morgan fingerprint density at radius 2 is 2.36 bits per heavy atom. The molecule has 0 saturated heterocycles. The van der Waals surface area contributed by atoms with Crippen molar-refractivity contribution in [3.63, 3.8) is 0 Å². The SMILES string of the molecule is O=C([O-])C1CCc2cc(F)ccc2O1. The van der Waals surface area contributed by atoms with Crippen molar-refractivity contribution in [2.45, 2.75) is 18.9 Å². The van der Waals surface area contributed by atoms with Crippen molar-refractivity contribution in [2.75, 3.05) is 0 Å². The summed E-state index contributed by atoms with van der Waals surface area (Å²) < 4.78 is 17.9. The van der Waals surface area contributed by atoms with Crippen LogP contribution in [-0.2, 0) is 11.2 Å². The number of rotatable bonds is 1. The Morgan fingerprint density at radius 3 is 3.07 bits per heavy atom. The molecule has 0 aliphatic carbocycles. The minimum Gasteiger partial charge on any atom is -0.546 e. The lowest BCUT2D eigenvalue weighted by atomic mass is 10.0. The number of ether oxygens (including phenoxy) is 1. The minimum atomic E-state index is -1.22. The van der Waals surface area contributed by atoms with Crippen LogP contribution in [0.4, 0.5) is 4.39 Å². The first-order valence-corrected chi connectivity index (χ1v) is 4.33. The zero-order chi connectivity index (χ0) is 10.1. The van der Waals surface area contributed by atoms with Crippen molar-refractivity contribution >= 4 is 5.97 Å². The summed E-state index contributed by atoms with van der Waals surface area (Å²) in [6.45, 7) is 0. The van der Waals surface area contributed by atoms with E-state index in [1.54, 1.807) is 0 Å². The molecule has 1 aromatic rings. The molecule has 0 amide bonds. The molecule has 3 nitrogen and oxygen atoms in total. The highest BCUT2D eigenvalue weighted by Gasteiger charge is 2.20. The van der Waals surface area contributed by atoms with E-state index in [4.69, 9.17) is 4.74 Å². The summed E-state index contributed by atoms with van der Waals surface area (Å²) in [5.41, 5.74) is 0.711. The van der Waals surface area contributed by atoms with E-state index in [0.717, 1.165) is 0 Å². The van der Waals surface area contributed by atoms with Gasteiger partial charge in [-0.2, -0.15) is 0 Å². The van der Waals surface area contributed by atoms with E-state index in [0.29, 0.717) is 24.2 Å². The van der Waals surface area contributed by atoms with Gasteiger partial charge in [0.25, 0.3) is 0 Å². The van der Waals surface area contributed by atoms with Gasteiger partial charge in [0.1, 0.15) is 17.7 Å². The summed E-state index contributed by atoms with van der Waals surface area (Å²) in [4.78, 5) is 10.5. The predicted molar refractivity (Wildman–Crippen MR) is 44.1 cm³/mol. The zero-order valence-corrected chi connectivity index (χ0v) is 7.33. The van der Waals surface area contributed by atoms with Gasteiger partial charge in [0.15, 0.2) is 0 Å². The van der Waals surface area contributed by atoms with Crippen LogP contribution in [0.5, 0.6) is 5.75 Å². The molecule has 0 saturated carbocycles. The smallest absolute Gasteiger partial charge is 0.138 e. The highest BCUT2D eigenvalue weighted by molar-refractivity contribution is 5.71. The molecule has 0 bridgehead atoms. The minimum absolute atomic E-state index is 0.332. The number of carbonyl (C=O) groups is 1. The number of fused-ring (bicyclic) bond motifs is 1. The Hall–Kier alpha value is -1.58. The van der Waals surface area contributed by atoms with Gasteiger partial charge in [0, 0.05) is 0 Å². The van der Waals surface area contributed by atoms with Crippen LogP contribution < -0.4 is 9.84 Å². The number of carboxylic acids is 1. The number of hydrogen-bond donors (Lipinski definition) is 0. The number of aliphatic carboxylic acids is 1. The molecule has 4 heteroatoms. The van der Waals surface area contributed by atoms with Gasteiger partial charge in [-0.15, -0.1) is 0 Å². The number of carboxylic acid groups (broad SMARTS) is 1. The molecule has 1 aliphatic rings. The van der Waals surface area contributed by atoms with E-state index in [9.17, 15) is 14.3 Å². The number of carbonyl (C=O) groups excluding carboxylic acids is 1. The fraction of sp³-hybridized carbons (Fsp3) is 0.300. The second-order valence-electron chi connectivity index (χ2n) is 3.22. The van der Waals surface area contributed by atoms with E-state index in [-0.39, 0.29) is 5.82 Å². The largest absolute Gasteiger partial charge is 0.546 e. The summed E-state index contributed by atoms with van der Waals surface area (Å²) >= 11 is 0. The van der Waals surface area contributed by atoms with Crippen LogP contribution in [0.3, 0.4) is 0 Å². The molecule has 0 spiro atoms. The Labute approximate surface area is 80.1 Å². The average Bonchev–Trinajstić information content (AvgIpc) is 2.16. The number of aryl methyl sites for hydroxylation is 1. The lowest BCUT2D eigenvalue weighted by Gasteiger charge is -2.26. The quantitative estimate of drug-likeness (QED) is 0.646. The maximum absolute atomic E-state index is 12.8. The van der Waals surface area contributed by atoms with E-state index in [2.05, 4.69) is 0 Å². The third-order valence-electron chi connectivity index (χ3n) is 2.23. The Balaban J connectivity index is 2.27. The predicted octanol–water partition coefficient (Wildman–Crippen LogP) is 0.269. The van der Waals surface area contributed by atoms with E-state index in [1.165, 1.54) is 18.2 Å². The summed E-state index contributed by atoms with van der Waals surface area (Å²) in [6.07, 6.45) is -0.0715. The van der Waals surface area contributed by atoms with E-state index in [1.807, 2.05) is 0 Å². The third kappa shape index (κ3) is 1.55. The number of hydrogen-bond acceptors (Lipinski definition) is 3. The van der Waals surface area contributed by atoms with Crippen molar-refractivity contribution in [3.05, 3.63) is 29.6 Å². The van der Waals surface area contributed by atoms with Crippen molar-refractivity contribution < 1.29 is 19.0 Å².